The highest BCUT2D eigenvalue weighted by molar-refractivity contribution is 7.89. The largest absolute Gasteiger partial charge is 0.495 e. The van der Waals surface area contributed by atoms with E-state index in [-0.39, 0.29) is 11.4 Å². The number of aliphatic hydroxyl groups is 1. The Labute approximate surface area is 156 Å². The maximum atomic E-state index is 12.5. The first-order chi connectivity index (χ1) is 12.5. The molecule has 2 aromatic carbocycles. The molecule has 3 aromatic rings. The molecule has 0 amide bonds. The van der Waals surface area contributed by atoms with Gasteiger partial charge in [-0.2, -0.15) is 0 Å². The molecule has 1 atom stereocenters. The number of sulfonamides is 1. The van der Waals surface area contributed by atoms with E-state index < -0.39 is 16.1 Å². The van der Waals surface area contributed by atoms with E-state index in [9.17, 15) is 13.5 Å². The number of ether oxygens (including phenoxy) is 1. The lowest BCUT2D eigenvalue weighted by atomic mass is 10.1. The van der Waals surface area contributed by atoms with E-state index in [0.29, 0.717) is 5.75 Å². The van der Waals surface area contributed by atoms with Crippen LogP contribution in [0.25, 0.3) is 0 Å². The molecule has 0 saturated carbocycles. The first-order valence-electron chi connectivity index (χ1n) is 7.95. The van der Waals surface area contributed by atoms with E-state index in [0.717, 1.165) is 15.3 Å². The van der Waals surface area contributed by atoms with Crippen molar-refractivity contribution in [3.63, 3.8) is 0 Å². The molecule has 0 fully saturated rings. The predicted molar refractivity (Wildman–Crippen MR) is 102 cm³/mol. The summed E-state index contributed by atoms with van der Waals surface area (Å²) < 4.78 is 32.7. The Kier molecular flexibility index (Phi) is 5.73. The van der Waals surface area contributed by atoms with Gasteiger partial charge in [-0.1, -0.05) is 42.5 Å². The third-order valence-electron chi connectivity index (χ3n) is 3.86. The minimum Gasteiger partial charge on any atom is -0.495 e. The molecule has 1 aromatic heterocycles. The molecule has 0 bridgehead atoms. The molecular weight excluding hydrogens is 370 g/mol. The molecule has 1 unspecified atom stereocenters. The van der Waals surface area contributed by atoms with Crippen LogP contribution in [-0.2, 0) is 16.6 Å². The molecule has 1 heterocycles. The zero-order valence-electron chi connectivity index (χ0n) is 14.1. The second kappa shape index (κ2) is 8.01. The predicted octanol–water partition coefficient (Wildman–Crippen LogP) is 3.32. The number of thiophene rings is 1. The highest BCUT2D eigenvalue weighted by Gasteiger charge is 2.19. The van der Waals surface area contributed by atoms with E-state index in [1.165, 1.54) is 24.5 Å². The van der Waals surface area contributed by atoms with Gasteiger partial charge in [-0.3, -0.25) is 0 Å². The molecule has 0 saturated heterocycles. The molecule has 5 nitrogen and oxygen atoms in total. The highest BCUT2D eigenvalue weighted by Crippen LogP contribution is 2.29. The van der Waals surface area contributed by atoms with Crippen molar-refractivity contribution in [3.05, 3.63) is 82.0 Å². The Morgan fingerprint density at radius 2 is 1.73 bits per heavy atom. The number of nitrogens with one attached hydrogen (secondary N) is 1. The summed E-state index contributed by atoms with van der Waals surface area (Å²) in [7, 11) is -2.26. The monoisotopic (exact) mass is 389 g/mol. The second-order valence-corrected chi connectivity index (χ2v) is 8.53. The van der Waals surface area contributed by atoms with Crippen molar-refractivity contribution < 1.29 is 18.3 Å². The SMILES string of the molecule is COc1ccccc1S(=O)(=O)NCc1ccc(C(O)c2ccccc2)s1. The first kappa shape index (κ1) is 18.6. The third kappa shape index (κ3) is 4.13. The Morgan fingerprint density at radius 1 is 1.04 bits per heavy atom. The van der Waals surface area contributed by atoms with Crippen molar-refractivity contribution in [2.45, 2.75) is 17.5 Å². The smallest absolute Gasteiger partial charge is 0.244 e. The van der Waals surface area contributed by atoms with E-state index in [1.54, 1.807) is 18.2 Å². The zero-order valence-corrected chi connectivity index (χ0v) is 15.8. The number of benzene rings is 2. The number of hydrogen-bond donors (Lipinski definition) is 2. The average Bonchev–Trinajstić information content (AvgIpc) is 3.15. The van der Waals surface area contributed by atoms with Crippen LogP contribution in [0.2, 0.25) is 0 Å². The van der Waals surface area contributed by atoms with E-state index in [2.05, 4.69) is 4.72 Å². The normalized spacial score (nSPS) is 12.7. The molecule has 2 N–H and O–H groups in total. The summed E-state index contributed by atoms with van der Waals surface area (Å²) in [4.78, 5) is 1.68. The van der Waals surface area contributed by atoms with Crippen molar-refractivity contribution in [1.82, 2.24) is 4.72 Å². The Hall–Kier alpha value is -2.19. The summed E-state index contributed by atoms with van der Waals surface area (Å²) in [6.45, 7) is 0.145. The maximum Gasteiger partial charge on any atom is 0.244 e. The van der Waals surface area contributed by atoms with E-state index in [1.807, 2.05) is 42.5 Å². The first-order valence-corrected chi connectivity index (χ1v) is 10.3. The fraction of sp³-hybridized carbons (Fsp3) is 0.158. The van der Waals surface area contributed by atoms with E-state index in [4.69, 9.17) is 4.74 Å². The topological polar surface area (TPSA) is 75.6 Å². The Balaban J connectivity index is 1.72. The van der Waals surface area contributed by atoms with Crippen molar-refractivity contribution in [3.8, 4) is 5.75 Å². The fourth-order valence-corrected chi connectivity index (χ4v) is 4.75. The number of aliphatic hydroxyl groups excluding tert-OH is 1. The second-order valence-electron chi connectivity index (χ2n) is 5.59. The fourth-order valence-electron chi connectivity index (χ4n) is 2.52. The summed E-state index contributed by atoms with van der Waals surface area (Å²) in [5.41, 5.74) is 0.801. The number of methoxy groups -OCH3 is 1. The van der Waals surface area contributed by atoms with Gasteiger partial charge in [0.1, 0.15) is 16.7 Å². The van der Waals surface area contributed by atoms with Crippen LogP contribution in [0, 0.1) is 0 Å². The van der Waals surface area contributed by atoms with Gasteiger partial charge in [-0.05, 0) is 29.8 Å². The summed E-state index contributed by atoms with van der Waals surface area (Å²) in [5.74, 6) is 0.298. The van der Waals surface area contributed by atoms with Crippen LogP contribution in [0.3, 0.4) is 0 Å². The summed E-state index contributed by atoms with van der Waals surface area (Å²) in [6.07, 6.45) is -0.722. The van der Waals surface area contributed by atoms with Crippen LogP contribution in [0.4, 0.5) is 0 Å². The van der Waals surface area contributed by atoms with Crippen LogP contribution in [0.15, 0.2) is 71.6 Å². The summed E-state index contributed by atoms with van der Waals surface area (Å²) >= 11 is 1.37. The lowest BCUT2D eigenvalue weighted by molar-refractivity contribution is 0.224. The molecular formula is C19H19NO4S2. The van der Waals surface area contributed by atoms with Crippen molar-refractivity contribution in [2.75, 3.05) is 7.11 Å². The van der Waals surface area contributed by atoms with Gasteiger partial charge in [0.05, 0.1) is 7.11 Å². The Bertz CT molecular complexity index is 968. The quantitative estimate of drug-likeness (QED) is 0.650. The molecule has 136 valence electrons. The third-order valence-corrected chi connectivity index (χ3v) is 6.44. The number of hydrogen-bond acceptors (Lipinski definition) is 5. The molecule has 3 rings (SSSR count). The van der Waals surface area contributed by atoms with Crippen LogP contribution in [-0.4, -0.2) is 20.6 Å². The number of para-hydroxylation sites is 1. The van der Waals surface area contributed by atoms with Gasteiger partial charge in [-0.25, -0.2) is 13.1 Å². The minimum absolute atomic E-state index is 0.101. The van der Waals surface area contributed by atoms with Gasteiger partial charge in [0.25, 0.3) is 0 Å². The lowest BCUT2D eigenvalue weighted by Crippen LogP contribution is -2.23. The van der Waals surface area contributed by atoms with Crippen LogP contribution in [0.5, 0.6) is 5.75 Å². The molecule has 26 heavy (non-hydrogen) atoms. The van der Waals surface area contributed by atoms with Gasteiger partial charge in [0.15, 0.2) is 0 Å². The van der Waals surface area contributed by atoms with Crippen molar-refractivity contribution >= 4 is 21.4 Å². The molecule has 0 aliphatic heterocycles. The van der Waals surface area contributed by atoms with E-state index >= 15 is 0 Å². The minimum atomic E-state index is -3.70. The summed E-state index contributed by atoms with van der Waals surface area (Å²) in [6, 6.07) is 19.4. The van der Waals surface area contributed by atoms with Crippen molar-refractivity contribution in [2.24, 2.45) is 0 Å². The lowest BCUT2D eigenvalue weighted by Gasteiger charge is -2.10. The number of rotatable bonds is 7. The zero-order chi connectivity index (χ0) is 18.6. The van der Waals surface area contributed by atoms with Crippen LogP contribution in [0.1, 0.15) is 21.4 Å². The standard InChI is InChI=1S/C19H19NO4S2/c1-24-16-9-5-6-10-18(16)26(22,23)20-13-15-11-12-17(25-15)19(21)14-7-3-2-4-8-14/h2-12,19-21H,13H2,1H3. The molecule has 0 aliphatic carbocycles. The molecule has 0 aliphatic rings. The molecule has 7 heteroatoms. The van der Waals surface area contributed by atoms with Crippen LogP contribution >= 0.6 is 11.3 Å². The van der Waals surface area contributed by atoms with Gasteiger partial charge >= 0.3 is 0 Å². The van der Waals surface area contributed by atoms with Crippen LogP contribution < -0.4 is 9.46 Å². The van der Waals surface area contributed by atoms with Gasteiger partial charge < -0.3 is 9.84 Å². The Morgan fingerprint density at radius 3 is 2.46 bits per heavy atom. The summed E-state index contributed by atoms with van der Waals surface area (Å²) in [5, 5.41) is 10.4. The highest BCUT2D eigenvalue weighted by atomic mass is 32.2. The maximum absolute atomic E-state index is 12.5. The molecule has 0 spiro atoms. The molecule has 0 radical (unpaired) electrons. The average molecular weight is 389 g/mol. The van der Waals surface area contributed by atoms with Gasteiger partial charge in [0.2, 0.25) is 10.0 Å². The van der Waals surface area contributed by atoms with Crippen molar-refractivity contribution in [1.29, 1.82) is 0 Å². The van der Waals surface area contributed by atoms with Gasteiger partial charge in [-0.15, -0.1) is 11.3 Å². The van der Waals surface area contributed by atoms with Gasteiger partial charge in [0, 0.05) is 16.3 Å².